The predicted molar refractivity (Wildman–Crippen MR) is 105 cm³/mol. The Morgan fingerprint density at radius 2 is 1.85 bits per heavy atom. The SMILES string of the molecule is Cc1cccc(-c2nnc(SCCS(=O)(=O)c3ccc(Cl)cc3)n2C)c1. The van der Waals surface area contributed by atoms with Crippen molar-refractivity contribution < 1.29 is 8.42 Å². The largest absolute Gasteiger partial charge is 0.305 e. The molecule has 0 saturated carbocycles. The molecular formula is C18H18ClN3O2S2. The average Bonchev–Trinajstić information content (AvgIpc) is 2.96. The fourth-order valence-electron chi connectivity index (χ4n) is 2.48. The number of aryl methyl sites for hydroxylation is 1. The van der Waals surface area contributed by atoms with Gasteiger partial charge in [0.15, 0.2) is 20.8 Å². The minimum Gasteiger partial charge on any atom is -0.305 e. The second-order valence-corrected chi connectivity index (χ2v) is 9.46. The highest BCUT2D eigenvalue weighted by atomic mass is 35.5. The second-order valence-electron chi connectivity index (χ2n) is 5.86. The van der Waals surface area contributed by atoms with Crippen LogP contribution < -0.4 is 0 Å². The monoisotopic (exact) mass is 407 g/mol. The maximum atomic E-state index is 12.4. The molecule has 0 fully saturated rings. The Bertz CT molecular complexity index is 1020. The van der Waals surface area contributed by atoms with E-state index < -0.39 is 9.84 Å². The highest BCUT2D eigenvalue weighted by Gasteiger charge is 2.16. The van der Waals surface area contributed by atoms with Crippen LogP contribution in [-0.4, -0.2) is 34.7 Å². The zero-order valence-corrected chi connectivity index (χ0v) is 16.8. The van der Waals surface area contributed by atoms with Gasteiger partial charge in [-0.05, 0) is 37.3 Å². The molecule has 0 unspecified atom stereocenters. The van der Waals surface area contributed by atoms with Crippen molar-refractivity contribution in [2.45, 2.75) is 17.0 Å². The molecule has 0 aliphatic heterocycles. The summed E-state index contributed by atoms with van der Waals surface area (Å²) in [6.45, 7) is 2.02. The van der Waals surface area contributed by atoms with Gasteiger partial charge in [-0.2, -0.15) is 0 Å². The molecule has 3 aromatic rings. The summed E-state index contributed by atoms with van der Waals surface area (Å²) in [5, 5.41) is 9.63. The first-order chi connectivity index (χ1) is 12.4. The van der Waals surface area contributed by atoms with E-state index in [1.54, 1.807) is 12.1 Å². The molecule has 0 bridgehead atoms. The molecule has 0 spiro atoms. The average molecular weight is 408 g/mol. The van der Waals surface area contributed by atoms with Crippen LogP contribution in [0.1, 0.15) is 5.56 Å². The molecule has 0 saturated heterocycles. The van der Waals surface area contributed by atoms with E-state index in [9.17, 15) is 8.42 Å². The number of hydrogen-bond donors (Lipinski definition) is 0. The van der Waals surface area contributed by atoms with Gasteiger partial charge in [-0.25, -0.2) is 8.42 Å². The molecule has 0 aliphatic carbocycles. The Morgan fingerprint density at radius 1 is 1.12 bits per heavy atom. The summed E-state index contributed by atoms with van der Waals surface area (Å²) in [6, 6.07) is 14.2. The molecule has 5 nitrogen and oxygen atoms in total. The van der Waals surface area contributed by atoms with Crippen molar-refractivity contribution in [2.75, 3.05) is 11.5 Å². The first-order valence-electron chi connectivity index (χ1n) is 7.94. The molecule has 1 heterocycles. The van der Waals surface area contributed by atoms with Crippen molar-refractivity contribution in [3.05, 3.63) is 59.1 Å². The Morgan fingerprint density at radius 3 is 2.54 bits per heavy atom. The third kappa shape index (κ3) is 4.28. The van der Waals surface area contributed by atoms with Crippen molar-refractivity contribution in [3.63, 3.8) is 0 Å². The summed E-state index contributed by atoms with van der Waals surface area (Å²) in [7, 11) is -1.47. The van der Waals surface area contributed by atoms with E-state index in [-0.39, 0.29) is 10.6 Å². The molecule has 0 amide bonds. The zero-order chi connectivity index (χ0) is 18.7. The normalized spacial score (nSPS) is 11.7. The van der Waals surface area contributed by atoms with Gasteiger partial charge in [-0.1, -0.05) is 47.1 Å². The van der Waals surface area contributed by atoms with Crippen molar-refractivity contribution >= 4 is 33.2 Å². The minimum atomic E-state index is -3.35. The van der Waals surface area contributed by atoms with Crippen molar-refractivity contribution in [1.82, 2.24) is 14.8 Å². The number of nitrogens with zero attached hydrogens (tertiary/aromatic N) is 3. The lowest BCUT2D eigenvalue weighted by atomic mass is 10.1. The van der Waals surface area contributed by atoms with Gasteiger partial charge in [0, 0.05) is 23.4 Å². The van der Waals surface area contributed by atoms with Gasteiger partial charge in [0.1, 0.15) is 0 Å². The molecule has 0 radical (unpaired) electrons. The summed E-state index contributed by atoms with van der Waals surface area (Å²) < 4.78 is 26.7. The highest BCUT2D eigenvalue weighted by Crippen LogP contribution is 2.24. The van der Waals surface area contributed by atoms with E-state index in [2.05, 4.69) is 10.2 Å². The van der Waals surface area contributed by atoms with Crippen LogP contribution in [0.5, 0.6) is 0 Å². The molecule has 26 heavy (non-hydrogen) atoms. The van der Waals surface area contributed by atoms with Crippen molar-refractivity contribution in [1.29, 1.82) is 0 Å². The number of halogens is 1. The maximum Gasteiger partial charge on any atom is 0.191 e. The fourth-order valence-corrected chi connectivity index (χ4v) is 5.16. The van der Waals surface area contributed by atoms with E-state index in [0.717, 1.165) is 17.0 Å². The number of rotatable bonds is 6. The van der Waals surface area contributed by atoms with Crippen LogP contribution in [0.25, 0.3) is 11.4 Å². The number of hydrogen-bond acceptors (Lipinski definition) is 5. The number of benzene rings is 2. The maximum absolute atomic E-state index is 12.4. The Kier molecular flexibility index (Phi) is 5.70. The van der Waals surface area contributed by atoms with E-state index >= 15 is 0 Å². The Balaban J connectivity index is 1.68. The van der Waals surface area contributed by atoms with Crippen molar-refractivity contribution in [2.24, 2.45) is 7.05 Å². The number of aromatic nitrogens is 3. The molecule has 3 rings (SSSR count). The minimum absolute atomic E-state index is 0.0198. The van der Waals surface area contributed by atoms with Gasteiger partial charge < -0.3 is 4.57 Å². The van der Waals surface area contributed by atoms with Crippen LogP contribution in [0.4, 0.5) is 0 Å². The Labute approximate surface area is 162 Å². The van der Waals surface area contributed by atoms with Crippen LogP contribution >= 0.6 is 23.4 Å². The summed E-state index contributed by atoms with van der Waals surface area (Å²) in [5.74, 6) is 1.17. The first-order valence-corrected chi connectivity index (χ1v) is 11.0. The van der Waals surface area contributed by atoms with Crippen LogP contribution in [0, 0.1) is 6.92 Å². The molecule has 0 N–H and O–H groups in total. The molecule has 2 aromatic carbocycles. The third-order valence-corrected chi connectivity index (χ3v) is 7.13. The van der Waals surface area contributed by atoms with Crippen LogP contribution in [0.15, 0.2) is 58.6 Å². The molecule has 0 aliphatic rings. The highest BCUT2D eigenvalue weighted by molar-refractivity contribution is 8.00. The molecule has 8 heteroatoms. The van der Waals surface area contributed by atoms with Gasteiger partial charge in [0.2, 0.25) is 0 Å². The number of sulfone groups is 1. The zero-order valence-electron chi connectivity index (χ0n) is 14.4. The molecule has 1 aromatic heterocycles. The van der Waals surface area contributed by atoms with E-state index in [1.165, 1.54) is 23.9 Å². The van der Waals surface area contributed by atoms with E-state index in [0.29, 0.717) is 15.9 Å². The molecule has 0 atom stereocenters. The lowest BCUT2D eigenvalue weighted by Crippen LogP contribution is -2.09. The van der Waals surface area contributed by atoms with Gasteiger partial charge in [0.05, 0.1) is 10.6 Å². The van der Waals surface area contributed by atoms with Crippen LogP contribution in [0.2, 0.25) is 5.02 Å². The summed E-state index contributed by atoms with van der Waals surface area (Å²) in [4.78, 5) is 0.279. The lowest BCUT2D eigenvalue weighted by molar-refractivity contribution is 0.597. The van der Waals surface area contributed by atoms with Gasteiger partial charge in [0.25, 0.3) is 0 Å². The quantitative estimate of drug-likeness (QED) is 0.577. The smallest absolute Gasteiger partial charge is 0.191 e. The van der Waals surface area contributed by atoms with Crippen LogP contribution in [-0.2, 0) is 16.9 Å². The van der Waals surface area contributed by atoms with Gasteiger partial charge in [-0.15, -0.1) is 10.2 Å². The van der Waals surface area contributed by atoms with Crippen molar-refractivity contribution in [3.8, 4) is 11.4 Å². The van der Waals surface area contributed by atoms with E-state index in [4.69, 9.17) is 11.6 Å². The standard InChI is InChI=1S/C18H18ClN3O2S2/c1-13-4-3-5-14(12-13)17-20-21-18(22(17)2)25-10-11-26(23,24)16-8-6-15(19)7-9-16/h3-9,12H,10-11H2,1-2H3. The molecular weight excluding hydrogens is 390 g/mol. The summed E-state index contributed by atoms with van der Waals surface area (Å²) in [6.07, 6.45) is 0. The summed E-state index contributed by atoms with van der Waals surface area (Å²) >= 11 is 7.18. The Hall–Kier alpha value is -1.83. The first kappa shape index (κ1) is 18.9. The fraction of sp³-hybridized carbons (Fsp3) is 0.222. The van der Waals surface area contributed by atoms with E-state index in [1.807, 2.05) is 42.8 Å². The number of thioether (sulfide) groups is 1. The topological polar surface area (TPSA) is 64.8 Å². The summed E-state index contributed by atoms with van der Waals surface area (Å²) in [5.41, 5.74) is 2.13. The van der Waals surface area contributed by atoms with Gasteiger partial charge >= 0.3 is 0 Å². The lowest BCUT2D eigenvalue weighted by Gasteiger charge is -2.06. The second kappa shape index (κ2) is 7.82. The van der Waals surface area contributed by atoms with Gasteiger partial charge in [-0.3, -0.25) is 0 Å². The van der Waals surface area contributed by atoms with Crippen LogP contribution in [0.3, 0.4) is 0 Å². The predicted octanol–water partition coefficient (Wildman–Crippen LogP) is 4.01. The molecule has 136 valence electrons. The third-order valence-electron chi connectivity index (χ3n) is 3.87.